The molecule has 0 fully saturated rings. The van der Waals surface area contributed by atoms with Crippen LogP contribution in [-0.2, 0) is 17.8 Å². The molecule has 1 aliphatic carbocycles. The van der Waals surface area contributed by atoms with Crippen LogP contribution in [0, 0.1) is 20.2 Å². The van der Waals surface area contributed by atoms with Crippen molar-refractivity contribution in [3.8, 4) is 0 Å². The number of nitro groups is 2. The molecule has 0 amide bonds. The first-order valence-electron chi connectivity index (χ1n) is 9.27. The molecule has 0 N–H and O–H groups in total. The average Bonchev–Trinajstić information content (AvgIpc) is 2.73. The molecule has 0 aliphatic heterocycles. The summed E-state index contributed by atoms with van der Waals surface area (Å²) in [7, 11) is 0. The Kier molecular flexibility index (Phi) is 6.71. The number of hydrogen-bond acceptors (Lipinski definition) is 6. The Bertz CT molecular complexity index is 1360. The minimum absolute atomic E-state index is 0.0188. The van der Waals surface area contributed by atoms with Crippen molar-refractivity contribution >= 4 is 56.3 Å². The number of fused-ring (bicyclic) bond motifs is 2. The summed E-state index contributed by atoms with van der Waals surface area (Å²) in [5.41, 5.74) is 1.65. The van der Waals surface area contributed by atoms with Gasteiger partial charge >= 0.3 is 0 Å². The fourth-order valence-electron chi connectivity index (χ4n) is 3.29. The first-order valence-corrected chi connectivity index (χ1v) is 10.0. The Morgan fingerprint density at radius 2 is 1.59 bits per heavy atom. The maximum Gasteiger partial charge on any atom is 0.270 e. The molecule has 0 bridgehead atoms. The van der Waals surface area contributed by atoms with Crippen molar-refractivity contribution in [2.45, 2.75) is 19.9 Å². The molecule has 9 nitrogen and oxygen atoms in total. The van der Waals surface area contributed by atoms with Gasteiger partial charge in [0.05, 0.1) is 25.4 Å². The van der Waals surface area contributed by atoms with E-state index in [2.05, 4.69) is 0 Å². The number of carbonyl (C=O) groups is 1. The first-order chi connectivity index (χ1) is 15.1. The maximum absolute atomic E-state index is 11.6. The summed E-state index contributed by atoms with van der Waals surface area (Å²) in [5.74, 6) is -0.0821. The van der Waals surface area contributed by atoms with Gasteiger partial charge in [-0.2, -0.15) is 0 Å². The van der Waals surface area contributed by atoms with Crippen LogP contribution in [0.5, 0.6) is 0 Å². The fraction of sp³-hybridized carbons (Fsp3) is 0.143. The molecule has 11 heteroatoms. The van der Waals surface area contributed by atoms with Gasteiger partial charge in [-0.1, -0.05) is 29.3 Å². The lowest BCUT2D eigenvalue weighted by molar-refractivity contribution is -0.385. The minimum atomic E-state index is -0.489. The molecule has 0 unspecified atom stereocenters. The molecular formula is C21H15Cl2N3O6. The third kappa shape index (κ3) is 4.68. The highest BCUT2D eigenvalue weighted by molar-refractivity contribution is 6.51. The second kappa shape index (κ2) is 9.29. The van der Waals surface area contributed by atoms with E-state index < -0.39 is 9.85 Å². The SMILES string of the molecule is CCn1c(=O)cc(Cl)c2cc([N+](=O)[O-])ccc21.O=C1C=C(Cl)c2cc([N+](=O)[O-])ccc2C1. The molecule has 0 atom stereocenters. The zero-order valence-corrected chi connectivity index (χ0v) is 18.1. The molecule has 0 radical (unpaired) electrons. The lowest BCUT2D eigenvalue weighted by Crippen LogP contribution is -2.18. The number of halogens is 2. The van der Waals surface area contributed by atoms with Crippen LogP contribution >= 0.6 is 23.2 Å². The number of aryl methyl sites for hydroxylation is 1. The van der Waals surface area contributed by atoms with Crippen molar-refractivity contribution in [2.24, 2.45) is 0 Å². The first kappa shape index (κ1) is 23.1. The van der Waals surface area contributed by atoms with Gasteiger partial charge in [-0.15, -0.1) is 0 Å². The van der Waals surface area contributed by atoms with Gasteiger partial charge in [0, 0.05) is 60.3 Å². The number of nitro benzene ring substituents is 2. The van der Waals surface area contributed by atoms with Crippen LogP contribution in [0.2, 0.25) is 5.02 Å². The summed E-state index contributed by atoms with van der Waals surface area (Å²) >= 11 is 11.8. The second-order valence-electron chi connectivity index (χ2n) is 6.77. The van der Waals surface area contributed by atoms with Crippen LogP contribution < -0.4 is 5.56 Å². The number of aromatic nitrogens is 1. The summed E-state index contributed by atoms with van der Waals surface area (Å²) in [6.45, 7) is 2.32. The number of non-ortho nitro benzene ring substituents is 2. The maximum atomic E-state index is 11.6. The summed E-state index contributed by atoms with van der Waals surface area (Å²) in [5, 5.41) is 22.2. The van der Waals surface area contributed by atoms with Crippen LogP contribution in [-0.4, -0.2) is 20.2 Å². The number of hydrogen-bond donors (Lipinski definition) is 0. The summed E-state index contributed by atoms with van der Waals surface area (Å²) in [6, 6.07) is 9.90. The van der Waals surface area contributed by atoms with Crippen molar-refractivity contribution in [1.29, 1.82) is 0 Å². The van der Waals surface area contributed by atoms with E-state index in [1.54, 1.807) is 12.1 Å². The molecule has 164 valence electrons. The van der Waals surface area contributed by atoms with E-state index in [9.17, 15) is 29.8 Å². The van der Waals surface area contributed by atoms with Crippen molar-refractivity contribution in [2.75, 3.05) is 0 Å². The van der Waals surface area contributed by atoms with Crippen molar-refractivity contribution in [3.05, 3.63) is 95.3 Å². The van der Waals surface area contributed by atoms with E-state index >= 15 is 0 Å². The third-order valence-electron chi connectivity index (χ3n) is 4.79. The molecule has 3 aromatic rings. The average molecular weight is 476 g/mol. The summed E-state index contributed by atoms with van der Waals surface area (Å²) < 4.78 is 1.52. The Labute approximate surface area is 190 Å². The number of ketones is 1. The van der Waals surface area contributed by atoms with Gasteiger partial charge in [0.25, 0.3) is 16.9 Å². The normalized spacial score (nSPS) is 12.5. The molecule has 1 aromatic heterocycles. The van der Waals surface area contributed by atoms with Gasteiger partial charge in [-0.05, 0) is 18.6 Å². The molecular weight excluding hydrogens is 461 g/mol. The Hall–Kier alpha value is -3.56. The largest absolute Gasteiger partial charge is 0.308 e. The minimum Gasteiger partial charge on any atom is -0.308 e. The number of nitrogens with zero attached hydrogens (tertiary/aromatic N) is 3. The van der Waals surface area contributed by atoms with Crippen molar-refractivity contribution in [3.63, 3.8) is 0 Å². The Balaban J connectivity index is 0.000000182. The molecule has 4 rings (SSSR count). The van der Waals surface area contributed by atoms with Gasteiger partial charge in [-0.25, -0.2) is 0 Å². The molecule has 1 heterocycles. The van der Waals surface area contributed by atoms with E-state index in [1.165, 1.54) is 41.0 Å². The molecule has 0 saturated carbocycles. The Morgan fingerprint density at radius 1 is 0.969 bits per heavy atom. The topological polar surface area (TPSA) is 125 Å². The van der Waals surface area contributed by atoms with Crippen LogP contribution in [0.15, 0.2) is 53.3 Å². The monoisotopic (exact) mass is 475 g/mol. The highest BCUT2D eigenvalue weighted by atomic mass is 35.5. The highest BCUT2D eigenvalue weighted by Gasteiger charge is 2.19. The van der Waals surface area contributed by atoms with E-state index in [1.807, 2.05) is 6.92 Å². The molecule has 0 spiro atoms. The van der Waals surface area contributed by atoms with Gasteiger partial charge in [0.15, 0.2) is 5.78 Å². The lowest BCUT2D eigenvalue weighted by atomic mass is 9.96. The van der Waals surface area contributed by atoms with Gasteiger partial charge in [-0.3, -0.25) is 29.8 Å². The van der Waals surface area contributed by atoms with Gasteiger partial charge in [0.2, 0.25) is 0 Å². The number of allylic oxidation sites excluding steroid dienone is 1. The van der Waals surface area contributed by atoms with Crippen molar-refractivity contribution < 1.29 is 14.6 Å². The Morgan fingerprint density at radius 3 is 2.22 bits per heavy atom. The molecule has 1 aliphatic rings. The van der Waals surface area contributed by atoms with Crippen LogP contribution in [0.4, 0.5) is 11.4 Å². The lowest BCUT2D eigenvalue weighted by Gasteiger charge is -2.11. The van der Waals surface area contributed by atoms with E-state index in [-0.39, 0.29) is 39.2 Å². The molecule has 2 aromatic carbocycles. The van der Waals surface area contributed by atoms with E-state index in [0.29, 0.717) is 23.0 Å². The third-order valence-corrected chi connectivity index (χ3v) is 5.41. The zero-order chi connectivity index (χ0) is 23.6. The standard InChI is InChI=1S/C11H9ClN2O3.C10H6ClNO3/c1-2-13-10-4-3-7(14(16)17)5-8(10)9(12)6-11(13)15;11-10-5-8(13)3-6-1-2-7(12(14)15)4-9(6)10/h3-6H,2H2,1H3;1-2,4-5H,3H2. The molecule has 0 saturated heterocycles. The van der Waals surface area contributed by atoms with Gasteiger partial charge < -0.3 is 4.57 Å². The predicted octanol–water partition coefficient (Wildman–Crippen LogP) is 4.88. The van der Waals surface area contributed by atoms with Crippen molar-refractivity contribution in [1.82, 2.24) is 4.57 Å². The van der Waals surface area contributed by atoms with Crippen LogP contribution in [0.1, 0.15) is 18.1 Å². The van der Waals surface area contributed by atoms with Gasteiger partial charge in [0.1, 0.15) is 0 Å². The number of carbonyl (C=O) groups excluding carboxylic acids is 1. The smallest absolute Gasteiger partial charge is 0.270 e. The number of rotatable bonds is 3. The zero-order valence-electron chi connectivity index (χ0n) is 16.6. The number of pyridine rings is 1. The highest BCUT2D eigenvalue weighted by Crippen LogP contribution is 2.31. The van der Waals surface area contributed by atoms with E-state index in [0.717, 1.165) is 5.56 Å². The summed E-state index contributed by atoms with van der Waals surface area (Å²) in [4.78, 5) is 43.0. The summed E-state index contributed by atoms with van der Waals surface area (Å²) in [6.07, 6.45) is 1.55. The van der Waals surface area contributed by atoms with E-state index in [4.69, 9.17) is 23.2 Å². The quantitative estimate of drug-likeness (QED) is 0.392. The van der Waals surface area contributed by atoms with Crippen LogP contribution in [0.3, 0.4) is 0 Å². The van der Waals surface area contributed by atoms with Crippen LogP contribution in [0.25, 0.3) is 15.9 Å². The number of benzene rings is 2. The second-order valence-corrected chi connectivity index (χ2v) is 7.58. The molecule has 32 heavy (non-hydrogen) atoms. The predicted molar refractivity (Wildman–Crippen MR) is 121 cm³/mol. The fourth-order valence-corrected chi connectivity index (χ4v) is 3.83.